The Bertz CT molecular complexity index is 33.5. The molecule has 0 bridgehead atoms. The summed E-state index contributed by atoms with van der Waals surface area (Å²) in [5.74, 6) is 0. The van der Waals surface area contributed by atoms with Crippen LogP contribution in [0.1, 0.15) is 0 Å². The van der Waals surface area contributed by atoms with E-state index in [2.05, 4.69) is 0 Å². The summed E-state index contributed by atoms with van der Waals surface area (Å²) in [5, 5.41) is 0. The SMILES string of the molecule is O.O.O.O.O.O=P[O-].O=P[O-].[Ni+2]. The molecule has 84 valence electrons. The second-order valence-electron chi connectivity index (χ2n) is 0.149. The molecule has 12 heavy (non-hydrogen) atoms. The third-order valence-corrected chi connectivity index (χ3v) is 0. The van der Waals surface area contributed by atoms with Crippen molar-refractivity contribution in [2.24, 2.45) is 0 Å². The van der Waals surface area contributed by atoms with Crippen molar-refractivity contribution in [3.63, 3.8) is 0 Å². The molecule has 0 amide bonds. The average Bonchev–Trinajstić information content (AvgIpc) is 1.39. The van der Waals surface area contributed by atoms with Crippen molar-refractivity contribution in [1.82, 2.24) is 0 Å². The van der Waals surface area contributed by atoms with Crippen LogP contribution in [0.15, 0.2) is 0 Å². The van der Waals surface area contributed by atoms with Crippen LogP contribution in [0.2, 0.25) is 0 Å². The Morgan fingerprint density at radius 2 is 0.667 bits per heavy atom. The zero-order chi connectivity index (χ0) is 5.41. The first kappa shape index (κ1) is 83.0. The zero-order valence-electron chi connectivity index (χ0n) is 5.34. The van der Waals surface area contributed by atoms with Gasteiger partial charge in [0.05, 0.1) is 17.4 Å². The zero-order valence-corrected chi connectivity index (χ0v) is 8.12. The topological polar surface area (TPSA) is 238 Å². The molecule has 12 heteroatoms. The van der Waals surface area contributed by atoms with E-state index in [0.717, 1.165) is 0 Å². The van der Waals surface area contributed by atoms with Gasteiger partial charge in [-0.15, -0.1) is 0 Å². The minimum Gasteiger partial charge on any atom is -0.772 e. The number of rotatable bonds is 0. The van der Waals surface area contributed by atoms with Gasteiger partial charge >= 0.3 is 16.5 Å². The molecule has 0 aliphatic carbocycles. The molecule has 0 rings (SSSR count). The monoisotopic (exact) mass is 274 g/mol. The van der Waals surface area contributed by atoms with Crippen LogP contribution in [-0.4, -0.2) is 27.4 Å². The average molecular weight is 275 g/mol. The van der Waals surface area contributed by atoms with E-state index in [1.54, 1.807) is 0 Å². The van der Waals surface area contributed by atoms with Crippen molar-refractivity contribution < 1.29 is 62.8 Å². The smallest absolute Gasteiger partial charge is 0.772 e. The molecule has 0 saturated heterocycles. The van der Waals surface area contributed by atoms with Gasteiger partial charge in [0, 0.05) is 0 Å². The number of hydrogen-bond donors (Lipinski definition) is 0. The summed E-state index contributed by atoms with van der Waals surface area (Å²) < 4.78 is 16.7. The van der Waals surface area contributed by atoms with Gasteiger partial charge in [0.25, 0.3) is 0 Å². The van der Waals surface area contributed by atoms with E-state index in [0.29, 0.717) is 0 Å². The molecular formula is H10NiO9P2. The van der Waals surface area contributed by atoms with E-state index in [-0.39, 0.29) is 43.9 Å². The summed E-state index contributed by atoms with van der Waals surface area (Å²) >= 11 is 0. The Kier molecular flexibility index (Phi) is 1470. The van der Waals surface area contributed by atoms with E-state index < -0.39 is 17.4 Å². The maximum Gasteiger partial charge on any atom is 2.00 e. The molecule has 0 aromatic rings. The molecule has 0 aliphatic rings. The van der Waals surface area contributed by atoms with Crippen LogP contribution in [0.3, 0.4) is 0 Å². The largest absolute Gasteiger partial charge is 2.00 e. The Balaban J connectivity index is -0.00000000296. The molecule has 0 atom stereocenters. The van der Waals surface area contributed by atoms with Gasteiger partial charge in [-0.3, -0.25) is 9.13 Å². The van der Waals surface area contributed by atoms with Gasteiger partial charge in [-0.05, 0) is 0 Å². The molecule has 0 spiro atoms. The third kappa shape index (κ3) is 5400. The van der Waals surface area contributed by atoms with Crippen LogP contribution in [0, 0.1) is 0 Å². The van der Waals surface area contributed by atoms with E-state index in [1.165, 1.54) is 0 Å². The fraction of sp³-hybridized carbons (Fsp3) is 0. The van der Waals surface area contributed by atoms with Crippen molar-refractivity contribution in [2.75, 3.05) is 0 Å². The molecule has 0 unspecified atom stereocenters. The van der Waals surface area contributed by atoms with Crippen molar-refractivity contribution >= 4 is 17.4 Å². The van der Waals surface area contributed by atoms with E-state index >= 15 is 0 Å². The Hall–Kier alpha value is 0.414. The maximum atomic E-state index is 8.35. The van der Waals surface area contributed by atoms with Crippen LogP contribution in [0.4, 0.5) is 0 Å². The van der Waals surface area contributed by atoms with Gasteiger partial charge in [-0.2, -0.15) is 0 Å². The van der Waals surface area contributed by atoms with Crippen molar-refractivity contribution in [3.05, 3.63) is 0 Å². The molecule has 0 radical (unpaired) electrons. The molecule has 0 aromatic carbocycles. The molecule has 0 heterocycles. The summed E-state index contributed by atoms with van der Waals surface area (Å²) in [7, 11) is -2.17. The van der Waals surface area contributed by atoms with Crippen LogP contribution in [0.25, 0.3) is 0 Å². The molecule has 0 saturated carbocycles. The van der Waals surface area contributed by atoms with Crippen LogP contribution in [-0.2, 0) is 25.6 Å². The molecule has 0 fully saturated rings. The number of hydrogen-bond acceptors (Lipinski definition) is 4. The van der Waals surface area contributed by atoms with Gasteiger partial charge in [-0.1, -0.05) is 0 Å². The summed E-state index contributed by atoms with van der Waals surface area (Å²) in [4.78, 5) is 16.7. The predicted octanol–water partition coefficient (Wildman–Crippen LogP) is -5.02. The molecular weight excluding hydrogens is 265 g/mol. The Labute approximate surface area is 80.8 Å². The van der Waals surface area contributed by atoms with Crippen molar-refractivity contribution in [1.29, 1.82) is 0 Å². The standard InChI is InChI=1S/Ni.2HO2P.5H2O/c;2*1-3-2;;;;;/h;2*(H,1,2);5*1H2/q+2;;;;;;;/p-2. The van der Waals surface area contributed by atoms with Gasteiger partial charge in [-0.25, -0.2) is 0 Å². The van der Waals surface area contributed by atoms with E-state index in [9.17, 15) is 0 Å². The first-order chi connectivity index (χ1) is 2.83. The van der Waals surface area contributed by atoms with Gasteiger partial charge in [0.15, 0.2) is 0 Å². The fourth-order valence-corrected chi connectivity index (χ4v) is 0. The van der Waals surface area contributed by atoms with Gasteiger partial charge in [0.1, 0.15) is 0 Å². The Morgan fingerprint density at radius 3 is 0.667 bits per heavy atom. The first-order valence-electron chi connectivity index (χ1n) is 0.730. The van der Waals surface area contributed by atoms with Crippen LogP contribution >= 0.6 is 17.4 Å². The third-order valence-electron chi connectivity index (χ3n) is 0. The molecule has 9 nitrogen and oxygen atoms in total. The normalized spacial score (nSPS) is 3.50. The van der Waals surface area contributed by atoms with Crippen molar-refractivity contribution in [2.45, 2.75) is 0 Å². The minimum atomic E-state index is -1.08. The van der Waals surface area contributed by atoms with Crippen LogP contribution < -0.4 is 9.79 Å². The van der Waals surface area contributed by atoms with Crippen LogP contribution in [0.5, 0.6) is 0 Å². The maximum absolute atomic E-state index is 8.35. The Morgan fingerprint density at radius 1 is 0.667 bits per heavy atom. The predicted molar refractivity (Wildman–Crippen MR) is 33.3 cm³/mol. The second kappa shape index (κ2) is 212. The summed E-state index contributed by atoms with van der Waals surface area (Å²) in [6.45, 7) is 0. The van der Waals surface area contributed by atoms with Crippen molar-refractivity contribution in [3.8, 4) is 0 Å². The van der Waals surface area contributed by atoms with E-state index in [4.69, 9.17) is 18.9 Å². The quantitative estimate of drug-likeness (QED) is 0.311. The molecule has 0 aromatic heterocycles. The van der Waals surface area contributed by atoms with Gasteiger partial charge in [0.2, 0.25) is 0 Å². The minimum absolute atomic E-state index is 0. The summed E-state index contributed by atoms with van der Waals surface area (Å²) in [5.41, 5.74) is 0. The fourth-order valence-electron chi connectivity index (χ4n) is 0. The molecule has 0 aliphatic heterocycles. The molecule has 10 N–H and O–H groups in total. The summed E-state index contributed by atoms with van der Waals surface area (Å²) in [6.07, 6.45) is 0. The summed E-state index contributed by atoms with van der Waals surface area (Å²) in [6, 6.07) is 0. The second-order valence-corrected chi connectivity index (χ2v) is 0.447. The van der Waals surface area contributed by atoms with Gasteiger partial charge < -0.3 is 37.2 Å². The van der Waals surface area contributed by atoms with E-state index in [1.807, 2.05) is 0 Å². The first-order valence-corrected chi connectivity index (χ1v) is 2.19.